The average molecular weight is 462 g/mol. The van der Waals surface area contributed by atoms with Crippen molar-refractivity contribution in [3.63, 3.8) is 0 Å². The van der Waals surface area contributed by atoms with Gasteiger partial charge < -0.3 is 10.1 Å². The van der Waals surface area contributed by atoms with Crippen LogP contribution in [0.1, 0.15) is 15.9 Å². The molecule has 0 spiro atoms. The summed E-state index contributed by atoms with van der Waals surface area (Å²) < 4.78 is 19.7. The monoisotopic (exact) mass is 461 g/mol. The molecule has 0 saturated carbocycles. The van der Waals surface area contributed by atoms with Crippen LogP contribution in [0.4, 0.5) is 4.39 Å². The van der Waals surface area contributed by atoms with Gasteiger partial charge in [0.25, 0.3) is 11.5 Å². The maximum atomic E-state index is 13.1. The quantitative estimate of drug-likeness (QED) is 0.440. The smallest absolute Gasteiger partial charge is 0.271 e. The number of hydrogen-bond donors (Lipinski definition) is 1. The Morgan fingerprint density at radius 1 is 1.00 bits per heavy atom. The van der Waals surface area contributed by atoms with Crippen molar-refractivity contribution in [2.24, 2.45) is 0 Å². The number of nitrogens with one attached hydrogen (secondary N) is 1. The molecule has 4 rings (SSSR count). The fraction of sp³-hybridized carbons (Fsp3) is 0.0800. The number of ether oxygens (including phenoxy) is 1. The molecule has 4 aromatic rings. The van der Waals surface area contributed by atoms with Gasteiger partial charge in [0, 0.05) is 28.6 Å². The molecule has 0 atom stereocenters. The lowest BCUT2D eigenvalue weighted by atomic mass is 10.1. The number of para-hydroxylation sites is 1. The lowest BCUT2D eigenvalue weighted by Crippen LogP contribution is -2.23. The van der Waals surface area contributed by atoms with Crippen molar-refractivity contribution in [1.82, 2.24) is 15.1 Å². The molecule has 0 bridgehead atoms. The van der Waals surface area contributed by atoms with Crippen molar-refractivity contribution in [3.8, 4) is 11.4 Å². The molecule has 3 aromatic carbocycles. The second-order valence-electron chi connectivity index (χ2n) is 7.02. The van der Waals surface area contributed by atoms with Crippen LogP contribution < -0.4 is 15.6 Å². The van der Waals surface area contributed by atoms with Crippen LogP contribution in [0.15, 0.2) is 99.6 Å². The van der Waals surface area contributed by atoms with E-state index >= 15 is 0 Å². The summed E-state index contributed by atoms with van der Waals surface area (Å²) in [6.07, 6.45) is 0. The van der Waals surface area contributed by atoms with E-state index in [1.54, 1.807) is 49.6 Å². The zero-order valence-corrected chi connectivity index (χ0v) is 18.5. The topological polar surface area (TPSA) is 73.2 Å². The fourth-order valence-corrected chi connectivity index (χ4v) is 3.91. The van der Waals surface area contributed by atoms with E-state index in [4.69, 9.17) is 4.74 Å². The minimum Gasteiger partial charge on any atom is -0.496 e. The first-order chi connectivity index (χ1) is 16.0. The van der Waals surface area contributed by atoms with E-state index in [0.29, 0.717) is 28.6 Å². The van der Waals surface area contributed by atoms with Crippen molar-refractivity contribution < 1.29 is 13.9 Å². The standard InChI is InChI=1S/C25H20FN3O3S/c1-32-22-5-3-2-4-18(22)16-27-25(31)17-6-10-20(11-7-17)29-24(30)15-14-23(28-29)33-21-12-8-19(26)9-13-21/h2-15H,16H2,1H3,(H,27,31). The third-order valence-electron chi connectivity index (χ3n) is 4.82. The van der Waals surface area contributed by atoms with Crippen LogP contribution in [0.2, 0.25) is 0 Å². The Hall–Kier alpha value is -3.91. The van der Waals surface area contributed by atoms with E-state index in [1.807, 2.05) is 24.3 Å². The number of benzene rings is 3. The Morgan fingerprint density at radius 2 is 1.73 bits per heavy atom. The molecule has 0 radical (unpaired) electrons. The Kier molecular flexibility index (Phi) is 6.85. The molecule has 8 heteroatoms. The van der Waals surface area contributed by atoms with Crippen LogP contribution in [0.5, 0.6) is 5.75 Å². The van der Waals surface area contributed by atoms with Crippen LogP contribution in [-0.2, 0) is 6.54 Å². The van der Waals surface area contributed by atoms with Crippen molar-refractivity contribution >= 4 is 17.7 Å². The third-order valence-corrected chi connectivity index (χ3v) is 5.75. The van der Waals surface area contributed by atoms with Gasteiger partial charge in [-0.15, -0.1) is 0 Å². The van der Waals surface area contributed by atoms with Crippen LogP contribution in [0, 0.1) is 5.82 Å². The first kappa shape index (κ1) is 22.3. The Morgan fingerprint density at radius 3 is 2.45 bits per heavy atom. The molecule has 0 aliphatic heterocycles. The molecule has 33 heavy (non-hydrogen) atoms. The molecule has 0 aliphatic carbocycles. The predicted molar refractivity (Wildman–Crippen MR) is 125 cm³/mol. The fourth-order valence-electron chi connectivity index (χ4n) is 3.14. The van der Waals surface area contributed by atoms with Crippen LogP contribution in [0.25, 0.3) is 5.69 Å². The van der Waals surface area contributed by atoms with Gasteiger partial charge in [-0.25, -0.2) is 4.39 Å². The predicted octanol–water partition coefficient (Wildman–Crippen LogP) is 4.46. The summed E-state index contributed by atoms with van der Waals surface area (Å²) in [4.78, 5) is 25.7. The highest BCUT2D eigenvalue weighted by Crippen LogP contribution is 2.25. The van der Waals surface area contributed by atoms with Crippen molar-refractivity contribution in [3.05, 3.63) is 112 Å². The lowest BCUT2D eigenvalue weighted by Gasteiger charge is -2.10. The maximum absolute atomic E-state index is 13.1. The summed E-state index contributed by atoms with van der Waals surface area (Å²) in [6.45, 7) is 0.328. The Balaban J connectivity index is 1.47. The number of hydrogen-bond acceptors (Lipinski definition) is 5. The van der Waals surface area contributed by atoms with Crippen molar-refractivity contribution in [2.75, 3.05) is 7.11 Å². The lowest BCUT2D eigenvalue weighted by molar-refractivity contribution is 0.0950. The molecule has 166 valence electrons. The number of aromatic nitrogens is 2. The van der Waals surface area contributed by atoms with Crippen LogP contribution in [-0.4, -0.2) is 22.8 Å². The summed E-state index contributed by atoms with van der Waals surface area (Å²) in [5.41, 5.74) is 1.56. The summed E-state index contributed by atoms with van der Waals surface area (Å²) in [5.74, 6) is 0.148. The van der Waals surface area contributed by atoms with E-state index in [1.165, 1.54) is 34.6 Å². The molecule has 1 heterocycles. The number of carbonyl (C=O) groups is 1. The summed E-state index contributed by atoms with van der Waals surface area (Å²) >= 11 is 1.32. The zero-order valence-electron chi connectivity index (χ0n) is 17.7. The number of rotatable bonds is 7. The highest BCUT2D eigenvalue weighted by molar-refractivity contribution is 7.99. The number of amides is 1. The second kappa shape index (κ2) is 10.1. The highest BCUT2D eigenvalue weighted by atomic mass is 32.2. The Bertz CT molecular complexity index is 1320. The van der Waals surface area contributed by atoms with E-state index in [0.717, 1.165) is 10.5 Å². The van der Waals surface area contributed by atoms with E-state index in [9.17, 15) is 14.0 Å². The molecule has 1 amide bonds. The number of halogens is 1. The molecule has 0 unspecified atom stereocenters. The molecule has 1 N–H and O–H groups in total. The van der Waals surface area contributed by atoms with Gasteiger partial charge >= 0.3 is 0 Å². The SMILES string of the molecule is COc1ccccc1CNC(=O)c1ccc(-n2nc(Sc3ccc(F)cc3)ccc2=O)cc1. The number of methoxy groups -OCH3 is 1. The van der Waals surface area contributed by atoms with Crippen molar-refractivity contribution in [1.29, 1.82) is 0 Å². The molecule has 0 fully saturated rings. The minimum absolute atomic E-state index is 0.242. The molecule has 0 saturated heterocycles. The summed E-state index contributed by atoms with van der Waals surface area (Å²) in [6, 6.07) is 23.2. The third kappa shape index (κ3) is 5.48. The largest absolute Gasteiger partial charge is 0.496 e. The van der Waals surface area contributed by atoms with Gasteiger partial charge in [0.15, 0.2) is 0 Å². The van der Waals surface area contributed by atoms with E-state index in [2.05, 4.69) is 10.4 Å². The first-order valence-corrected chi connectivity index (χ1v) is 10.9. The highest BCUT2D eigenvalue weighted by Gasteiger charge is 2.10. The van der Waals surface area contributed by atoms with Crippen LogP contribution in [0.3, 0.4) is 0 Å². The minimum atomic E-state index is -0.315. The second-order valence-corrected chi connectivity index (χ2v) is 8.11. The van der Waals surface area contributed by atoms with Gasteiger partial charge in [-0.2, -0.15) is 9.78 Å². The molecular formula is C25H20FN3O3S. The number of nitrogens with zero attached hydrogens (tertiary/aromatic N) is 2. The molecule has 6 nitrogen and oxygen atoms in total. The normalized spacial score (nSPS) is 10.6. The van der Waals surface area contributed by atoms with Gasteiger partial charge in [0.05, 0.1) is 12.8 Å². The summed E-state index contributed by atoms with van der Waals surface area (Å²) in [5, 5.41) is 7.84. The van der Waals surface area contributed by atoms with Crippen molar-refractivity contribution in [2.45, 2.75) is 16.5 Å². The van der Waals surface area contributed by atoms with Gasteiger partial charge in [-0.05, 0) is 60.7 Å². The number of carbonyl (C=O) groups excluding carboxylic acids is 1. The molecular weight excluding hydrogens is 441 g/mol. The Labute approximate surface area is 194 Å². The van der Waals surface area contributed by atoms with E-state index in [-0.39, 0.29) is 17.3 Å². The zero-order chi connectivity index (χ0) is 23.2. The first-order valence-electron chi connectivity index (χ1n) is 10.1. The molecule has 0 aliphatic rings. The molecule has 1 aromatic heterocycles. The van der Waals surface area contributed by atoms with Gasteiger partial charge in [-0.1, -0.05) is 30.0 Å². The van der Waals surface area contributed by atoms with Gasteiger partial charge in [0.1, 0.15) is 16.6 Å². The van der Waals surface area contributed by atoms with Crippen LogP contribution >= 0.6 is 11.8 Å². The van der Waals surface area contributed by atoms with Gasteiger partial charge in [0.2, 0.25) is 0 Å². The average Bonchev–Trinajstić information content (AvgIpc) is 2.85. The maximum Gasteiger partial charge on any atom is 0.271 e. The summed E-state index contributed by atoms with van der Waals surface area (Å²) in [7, 11) is 1.59. The van der Waals surface area contributed by atoms with E-state index < -0.39 is 0 Å². The van der Waals surface area contributed by atoms with Gasteiger partial charge in [-0.3, -0.25) is 9.59 Å².